The molecule has 1 saturated heterocycles. The molecule has 1 aromatic rings. The van der Waals surface area contributed by atoms with Gasteiger partial charge in [-0.25, -0.2) is 0 Å². The standard InChI is InChI=1S/C16H24N2OS2/c1-4-19-16(20)21-15-7-5-14(6-8-15)18-11-9-17(10-12-18)13(2)3/h5-8,13H,4,9-12H2,1-3H3. The first kappa shape index (κ1) is 16.6. The van der Waals surface area contributed by atoms with Crippen LogP contribution in [0, 0.1) is 0 Å². The first-order valence-electron chi connectivity index (χ1n) is 7.54. The maximum Gasteiger partial charge on any atom is 0.224 e. The van der Waals surface area contributed by atoms with Gasteiger partial charge in [-0.1, -0.05) is 0 Å². The van der Waals surface area contributed by atoms with Gasteiger partial charge >= 0.3 is 0 Å². The third-order valence-corrected chi connectivity index (χ3v) is 4.87. The van der Waals surface area contributed by atoms with Gasteiger partial charge in [-0.05, 0) is 69.0 Å². The van der Waals surface area contributed by atoms with Gasteiger partial charge in [0, 0.05) is 42.8 Å². The molecule has 3 nitrogen and oxygen atoms in total. The number of thioether (sulfide) groups is 1. The molecule has 0 bridgehead atoms. The Balaban J connectivity index is 1.89. The molecule has 21 heavy (non-hydrogen) atoms. The summed E-state index contributed by atoms with van der Waals surface area (Å²) < 4.78 is 5.90. The Labute approximate surface area is 137 Å². The third-order valence-electron chi connectivity index (χ3n) is 3.71. The van der Waals surface area contributed by atoms with E-state index in [1.165, 1.54) is 17.4 Å². The fourth-order valence-corrected chi connectivity index (χ4v) is 3.51. The van der Waals surface area contributed by atoms with E-state index in [9.17, 15) is 0 Å². The van der Waals surface area contributed by atoms with Crippen molar-refractivity contribution in [2.24, 2.45) is 0 Å². The Bertz CT molecular complexity index is 454. The molecule has 0 aromatic heterocycles. The fraction of sp³-hybridized carbons (Fsp3) is 0.562. The molecule has 116 valence electrons. The summed E-state index contributed by atoms with van der Waals surface area (Å²) in [5.41, 5.74) is 1.30. The number of thiocarbonyl (C=S) groups is 1. The highest BCUT2D eigenvalue weighted by Gasteiger charge is 2.18. The van der Waals surface area contributed by atoms with Crippen LogP contribution in [0.3, 0.4) is 0 Å². The Kier molecular flexibility index (Phi) is 6.33. The van der Waals surface area contributed by atoms with Gasteiger partial charge in [-0.15, -0.1) is 0 Å². The number of nitrogens with zero attached hydrogens (tertiary/aromatic N) is 2. The van der Waals surface area contributed by atoms with E-state index in [1.54, 1.807) is 0 Å². The minimum Gasteiger partial charge on any atom is -0.479 e. The molecule has 0 aliphatic carbocycles. The van der Waals surface area contributed by atoms with Crippen LogP contribution >= 0.6 is 24.0 Å². The van der Waals surface area contributed by atoms with E-state index in [1.807, 2.05) is 6.92 Å². The van der Waals surface area contributed by atoms with Crippen molar-refractivity contribution >= 4 is 34.0 Å². The lowest BCUT2D eigenvalue weighted by molar-refractivity contribution is 0.209. The predicted molar refractivity (Wildman–Crippen MR) is 95.4 cm³/mol. The van der Waals surface area contributed by atoms with Gasteiger partial charge in [-0.2, -0.15) is 0 Å². The lowest BCUT2D eigenvalue weighted by Gasteiger charge is -2.38. The molecule has 0 N–H and O–H groups in total. The molecule has 1 heterocycles. The zero-order chi connectivity index (χ0) is 15.2. The number of hydrogen-bond donors (Lipinski definition) is 0. The van der Waals surface area contributed by atoms with Crippen LogP contribution in [0.2, 0.25) is 0 Å². The van der Waals surface area contributed by atoms with Crippen molar-refractivity contribution in [1.82, 2.24) is 4.90 Å². The summed E-state index contributed by atoms with van der Waals surface area (Å²) in [5.74, 6) is 0. The number of ether oxygens (including phenoxy) is 1. The second-order valence-electron chi connectivity index (χ2n) is 5.40. The minimum absolute atomic E-state index is 0.593. The zero-order valence-corrected chi connectivity index (χ0v) is 14.7. The summed E-state index contributed by atoms with van der Waals surface area (Å²) >= 11 is 6.67. The number of anilines is 1. The summed E-state index contributed by atoms with van der Waals surface area (Å²) in [6, 6.07) is 9.26. The van der Waals surface area contributed by atoms with Crippen molar-refractivity contribution in [3.05, 3.63) is 24.3 Å². The summed E-state index contributed by atoms with van der Waals surface area (Å²) in [6.45, 7) is 11.6. The molecule has 5 heteroatoms. The van der Waals surface area contributed by atoms with Crippen LogP contribution in [0.5, 0.6) is 0 Å². The van der Waals surface area contributed by atoms with Gasteiger partial charge in [-0.3, -0.25) is 4.90 Å². The third kappa shape index (κ3) is 4.87. The van der Waals surface area contributed by atoms with Gasteiger partial charge in [0.05, 0.1) is 6.61 Å². The lowest BCUT2D eigenvalue weighted by Crippen LogP contribution is -2.48. The lowest BCUT2D eigenvalue weighted by atomic mass is 10.2. The molecule has 1 aliphatic rings. The molecule has 1 aliphatic heterocycles. The maximum atomic E-state index is 5.31. The van der Waals surface area contributed by atoms with Gasteiger partial charge in [0.2, 0.25) is 4.38 Å². The molecule has 0 amide bonds. The Hall–Kier alpha value is -0.780. The summed E-state index contributed by atoms with van der Waals surface area (Å²) in [7, 11) is 0. The van der Waals surface area contributed by atoms with E-state index >= 15 is 0 Å². The number of rotatable bonds is 4. The molecule has 0 saturated carbocycles. The van der Waals surface area contributed by atoms with Crippen LogP contribution in [-0.2, 0) is 4.74 Å². The molecule has 1 aromatic carbocycles. The highest BCUT2D eigenvalue weighted by molar-refractivity contribution is 8.22. The van der Waals surface area contributed by atoms with Crippen molar-refractivity contribution < 1.29 is 4.74 Å². The van der Waals surface area contributed by atoms with Crippen molar-refractivity contribution in [3.8, 4) is 0 Å². The van der Waals surface area contributed by atoms with Crippen molar-refractivity contribution in [2.75, 3.05) is 37.7 Å². The Morgan fingerprint density at radius 3 is 2.33 bits per heavy atom. The van der Waals surface area contributed by atoms with Crippen LogP contribution in [-0.4, -0.2) is 48.1 Å². The van der Waals surface area contributed by atoms with Gasteiger partial charge in [0.15, 0.2) is 0 Å². The number of benzene rings is 1. The molecule has 0 atom stereocenters. The van der Waals surface area contributed by atoms with Crippen LogP contribution in [0.15, 0.2) is 29.2 Å². The SMILES string of the molecule is CCOC(=S)Sc1ccc(N2CCN(C(C)C)CC2)cc1. The van der Waals surface area contributed by atoms with Gasteiger partial charge < -0.3 is 9.64 Å². The molecule has 0 unspecified atom stereocenters. The average Bonchev–Trinajstić information content (AvgIpc) is 2.48. The molecular formula is C16H24N2OS2. The average molecular weight is 325 g/mol. The van der Waals surface area contributed by atoms with Crippen LogP contribution in [0.25, 0.3) is 0 Å². The van der Waals surface area contributed by atoms with E-state index in [0.717, 1.165) is 31.1 Å². The molecule has 0 spiro atoms. The van der Waals surface area contributed by atoms with E-state index in [-0.39, 0.29) is 0 Å². The van der Waals surface area contributed by atoms with Crippen LogP contribution in [0.4, 0.5) is 5.69 Å². The second kappa shape index (κ2) is 8.01. The van der Waals surface area contributed by atoms with Crippen LogP contribution < -0.4 is 4.90 Å². The van der Waals surface area contributed by atoms with E-state index in [0.29, 0.717) is 17.0 Å². The van der Waals surface area contributed by atoms with E-state index in [4.69, 9.17) is 17.0 Å². The maximum absolute atomic E-state index is 5.31. The summed E-state index contributed by atoms with van der Waals surface area (Å²) in [5, 5.41) is 0. The zero-order valence-electron chi connectivity index (χ0n) is 13.0. The van der Waals surface area contributed by atoms with Crippen molar-refractivity contribution in [1.29, 1.82) is 0 Å². The monoisotopic (exact) mass is 324 g/mol. The fourth-order valence-electron chi connectivity index (χ4n) is 2.47. The first-order chi connectivity index (χ1) is 10.1. The van der Waals surface area contributed by atoms with Gasteiger partial charge in [0.1, 0.15) is 0 Å². The van der Waals surface area contributed by atoms with Gasteiger partial charge in [0.25, 0.3) is 0 Å². The molecule has 0 radical (unpaired) electrons. The minimum atomic E-state index is 0.593. The smallest absolute Gasteiger partial charge is 0.224 e. The molecule has 2 rings (SSSR count). The molecular weight excluding hydrogens is 300 g/mol. The van der Waals surface area contributed by atoms with Crippen LogP contribution in [0.1, 0.15) is 20.8 Å². The number of hydrogen-bond acceptors (Lipinski definition) is 5. The van der Waals surface area contributed by atoms with Crippen molar-refractivity contribution in [2.45, 2.75) is 31.7 Å². The first-order valence-corrected chi connectivity index (χ1v) is 8.76. The Morgan fingerprint density at radius 2 is 1.81 bits per heavy atom. The number of piperazine rings is 1. The summed E-state index contributed by atoms with van der Waals surface area (Å²) in [4.78, 5) is 6.12. The van der Waals surface area contributed by atoms with E-state index < -0.39 is 0 Å². The topological polar surface area (TPSA) is 15.7 Å². The highest BCUT2D eigenvalue weighted by Crippen LogP contribution is 2.24. The molecule has 1 fully saturated rings. The quantitative estimate of drug-likeness (QED) is 0.619. The second-order valence-corrected chi connectivity index (χ2v) is 7.07. The van der Waals surface area contributed by atoms with E-state index in [2.05, 4.69) is 47.9 Å². The summed E-state index contributed by atoms with van der Waals surface area (Å²) in [6.07, 6.45) is 0. The Morgan fingerprint density at radius 1 is 1.19 bits per heavy atom. The normalized spacial score (nSPS) is 16.3. The predicted octanol–water partition coefficient (Wildman–Crippen LogP) is 3.63. The largest absolute Gasteiger partial charge is 0.479 e. The van der Waals surface area contributed by atoms with Crippen molar-refractivity contribution in [3.63, 3.8) is 0 Å². The highest BCUT2D eigenvalue weighted by atomic mass is 32.2.